The summed E-state index contributed by atoms with van der Waals surface area (Å²) >= 11 is 4.81. The molecular weight excluding hydrogens is 454 g/mol. The van der Waals surface area contributed by atoms with Crippen molar-refractivity contribution in [3.05, 3.63) is 76.5 Å². The third-order valence-corrected chi connectivity index (χ3v) is 5.40. The molecule has 150 valence electrons. The van der Waals surface area contributed by atoms with E-state index in [0.29, 0.717) is 11.7 Å². The van der Waals surface area contributed by atoms with Gasteiger partial charge in [0.15, 0.2) is 17.5 Å². The highest BCUT2D eigenvalue weighted by atomic mass is 79.9. The van der Waals surface area contributed by atoms with Gasteiger partial charge >= 0.3 is 5.97 Å². The molecule has 2 aromatic carbocycles. The number of benzene rings is 2. The zero-order valence-corrected chi connectivity index (χ0v) is 18.4. The summed E-state index contributed by atoms with van der Waals surface area (Å²) in [4.78, 5) is 30.8. The second-order valence-corrected chi connectivity index (χ2v) is 7.94. The molecule has 0 saturated carbocycles. The van der Waals surface area contributed by atoms with Crippen LogP contribution in [0.4, 0.5) is 0 Å². The predicted molar refractivity (Wildman–Crippen MR) is 116 cm³/mol. The van der Waals surface area contributed by atoms with Gasteiger partial charge in [0.2, 0.25) is 0 Å². The van der Waals surface area contributed by atoms with Crippen molar-refractivity contribution in [1.29, 1.82) is 0 Å². The summed E-state index contributed by atoms with van der Waals surface area (Å²) in [7, 11) is 1.68. The number of nitrogens with zero attached hydrogens (tertiary/aromatic N) is 3. The third-order valence-electron chi connectivity index (χ3n) is 4.22. The summed E-state index contributed by atoms with van der Waals surface area (Å²) in [5.74, 6) is -0.871. The number of halogens is 1. The van der Waals surface area contributed by atoms with E-state index in [1.54, 1.807) is 11.6 Å². The van der Waals surface area contributed by atoms with Crippen molar-refractivity contribution in [3.63, 3.8) is 0 Å². The van der Waals surface area contributed by atoms with Crippen molar-refractivity contribution in [3.8, 4) is 5.69 Å². The summed E-state index contributed by atoms with van der Waals surface area (Å²) < 4.78 is 7.98. The highest BCUT2D eigenvalue weighted by molar-refractivity contribution is 9.10. The number of ether oxygens (including phenoxy) is 1. The summed E-state index contributed by atoms with van der Waals surface area (Å²) in [6.07, 6.45) is 3.36. The van der Waals surface area contributed by atoms with Crippen molar-refractivity contribution in [2.45, 2.75) is 11.7 Å². The number of carbonyl (C=O) groups excluding carboxylic acids is 2. The number of imidazole rings is 1. The van der Waals surface area contributed by atoms with Gasteiger partial charge in [-0.3, -0.25) is 9.36 Å². The molecule has 3 rings (SSSR count). The van der Waals surface area contributed by atoms with Crippen LogP contribution in [-0.2, 0) is 16.1 Å². The van der Waals surface area contributed by atoms with Gasteiger partial charge in [-0.2, -0.15) is 0 Å². The molecule has 1 amide bonds. The predicted octanol–water partition coefficient (Wildman–Crippen LogP) is 4.17. The Hall–Kier alpha value is -2.58. The number of rotatable bonds is 7. The van der Waals surface area contributed by atoms with Crippen molar-refractivity contribution < 1.29 is 14.3 Å². The summed E-state index contributed by atoms with van der Waals surface area (Å²) in [6.45, 7) is 0.0999. The maximum atomic E-state index is 12.6. The Balaban J connectivity index is 1.65. The number of amides is 1. The number of para-hydroxylation sites is 1. The fourth-order valence-electron chi connectivity index (χ4n) is 2.71. The molecule has 0 spiro atoms. The van der Waals surface area contributed by atoms with Crippen LogP contribution in [-0.4, -0.2) is 46.2 Å². The monoisotopic (exact) mass is 473 g/mol. The molecule has 0 aliphatic rings. The molecule has 0 aliphatic heterocycles. The molecule has 0 fully saturated rings. The Morgan fingerprint density at radius 3 is 2.48 bits per heavy atom. The quantitative estimate of drug-likeness (QED) is 0.380. The van der Waals surface area contributed by atoms with Gasteiger partial charge < -0.3 is 9.64 Å². The van der Waals surface area contributed by atoms with E-state index in [0.717, 1.165) is 15.7 Å². The lowest BCUT2D eigenvalue weighted by Crippen LogP contribution is -2.31. The molecule has 0 radical (unpaired) electrons. The van der Waals surface area contributed by atoms with Crippen LogP contribution in [0.3, 0.4) is 0 Å². The first-order chi connectivity index (χ1) is 14.0. The van der Waals surface area contributed by atoms with Gasteiger partial charge in [-0.25, -0.2) is 9.78 Å². The van der Waals surface area contributed by atoms with E-state index in [2.05, 4.69) is 20.9 Å². The molecule has 8 heteroatoms. The Bertz CT molecular complexity index is 990. The lowest BCUT2D eigenvalue weighted by atomic mass is 10.2. The summed E-state index contributed by atoms with van der Waals surface area (Å²) in [5, 5.41) is 0.668. The largest absolute Gasteiger partial charge is 0.451 e. The molecule has 0 aliphatic carbocycles. The number of esters is 1. The van der Waals surface area contributed by atoms with Crippen molar-refractivity contribution in [2.24, 2.45) is 0 Å². The van der Waals surface area contributed by atoms with E-state index in [1.807, 2.05) is 60.9 Å². The zero-order chi connectivity index (χ0) is 20.8. The fraction of sp³-hybridized carbons (Fsp3) is 0.190. The van der Waals surface area contributed by atoms with E-state index in [4.69, 9.17) is 4.74 Å². The Labute approximate surface area is 182 Å². The smallest absolute Gasteiger partial charge is 0.357 e. The van der Waals surface area contributed by atoms with Crippen LogP contribution in [0, 0.1) is 0 Å². The first-order valence-electron chi connectivity index (χ1n) is 8.82. The van der Waals surface area contributed by atoms with Crippen LogP contribution in [0.25, 0.3) is 5.69 Å². The SMILES string of the molecule is CSc1ncc(C(=O)OCC(=O)N(C)Cc2ccc(Br)cc2)n1-c1ccccc1. The zero-order valence-electron chi connectivity index (χ0n) is 16.0. The number of hydrogen-bond acceptors (Lipinski definition) is 5. The molecule has 3 aromatic rings. The lowest BCUT2D eigenvalue weighted by molar-refractivity contribution is -0.133. The minimum Gasteiger partial charge on any atom is -0.451 e. The molecule has 29 heavy (non-hydrogen) atoms. The summed E-state index contributed by atoms with van der Waals surface area (Å²) in [5.41, 5.74) is 2.08. The van der Waals surface area contributed by atoms with Crippen LogP contribution in [0.2, 0.25) is 0 Å². The van der Waals surface area contributed by atoms with Crippen molar-refractivity contribution in [1.82, 2.24) is 14.5 Å². The standard InChI is InChI=1S/C21H20BrN3O3S/c1-24(13-15-8-10-16(22)11-9-15)19(26)14-28-20(27)18-12-23-21(29-2)25(18)17-6-4-3-5-7-17/h3-12H,13-14H2,1-2H3. The molecule has 0 bridgehead atoms. The lowest BCUT2D eigenvalue weighted by Gasteiger charge is -2.17. The first-order valence-corrected chi connectivity index (χ1v) is 10.8. The van der Waals surface area contributed by atoms with Crippen molar-refractivity contribution >= 4 is 39.6 Å². The Morgan fingerprint density at radius 1 is 1.14 bits per heavy atom. The average Bonchev–Trinajstić information content (AvgIpc) is 3.18. The molecule has 6 nitrogen and oxygen atoms in total. The Kier molecular flexibility index (Phi) is 7.11. The van der Waals surface area contributed by atoms with Crippen LogP contribution in [0.5, 0.6) is 0 Å². The second kappa shape index (κ2) is 9.76. The van der Waals surface area contributed by atoms with E-state index >= 15 is 0 Å². The molecule has 0 N–H and O–H groups in total. The van der Waals surface area contributed by atoms with Gasteiger partial charge in [0.05, 0.1) is 6.20 Å². The Morgan fingerprint density at radius 2 is 1.83 bits per heavy atom. The minimum absolute atomic E-state index is 0.280. The number of hydrogen-bond donors (Lipinski definition) is 0. The van der Waals surface area contributed by atoms with Crippen molar-refractivity contribution in [2.75, 3.05) is 19.9 Å². The fourth-order valence-corrected chi connectivity index (χ4v) is 3.52. The summed E-state index contributed by atoms with van der Waals surface area (Å²) in [6, 6.07) is 17.1. The van der Waals surface area contributed by atoms with Gasteiger partial charge in [-0.1, -0.05) is 58.0 Å². The third kappa shape index (κ3) is 5.27. The van der Waals surface area contributed by atoms with Crippen LogP contribution in [0.15, 0.2) is 70.4 Å². The second-order valence-electron chi connectivity index (χ2n) is 6.25. The van der Waals surface area contributed by atoms with Gasteiger partial charge in [-0.15, -0.1) is 0 Å². The van der Waals surface area contributed by atoms with Gasteiger partial charge in [0, 0.05) is 23.8 Å². The van der Waals surface area contributed by atoms with Crippen LogP contribution in [0.1, 0.15) is 16.1 Å². The van der Waals surface area contributed by atoms with E-state index in [-0.39, 0.29) is 18.2 Å². The van der Waals surface area contributed by atoms with Gasteiger partial charge in [0.25, 0.3) is 5.91 Å². The van der Waals surface area contributed by atoms with Gasteiger partial charge in [0.1, 0.15) is 0 Å². The van der Waals surface area contributed by atoms with Gasteiger partial charge in [-0.05, 0) is 36.1 Å². The molecule has 0 saturated heterocycles. The number of likely N-dealkylation sites (N-methyl/N-ethyl adjacent to an activating group) is 1. The normalized spacial score (nSPS) is 10.6. The highest BCUT2D eigenvalue weighted by Gasteiger charge is 2.20. The van der Waals surface area contributed by atoms with E-state index in [9.17, 15) is 9.59 Å². The van der Waals surface area contributed by atoms with Crippen LogP contribution < -0.4 is 0 Å². The molecule has 0 atom stereocenters. The van der Waals surface area contributed by atoms with Crippen LogP contribution >= 0.6 is 27.7 Å². The molecular formula is C21H20BrN3O3S. The maximum Gasteiger partial charge on any atom is 0.357 e. The topological polar surface area (TPSA) is 64.4 Å². The maximum absolute atomic E-state index is 12.6. The molecule has 1 heterocycles. The number of thioether (sulfide) groups is 1. The highest BCUT2D eigenvalue weighted by Crippen LogP contribution is 2.22. The van der Waals surface area contributed by atoms with E-state index < -0.39 is 5.97 Å². The first kappa shape index (κ1) is 21.1. The minimum atomic E-state index is -0.591. The average molecular weight is 474 g/mol. The van der Waals surface area contributed by atoms with E-state index in [1.165, 1.54) is 22.9 Å². The molecule has 0 unspecified atom stereocenters. The number of carbonyl (C=O) groups is 2. The number of aromatic nitrogens is 2. The molecule has 1 aromatic heterocycles.